The van der Waals surface area contributed by atoms with E-state index in [0.717, 1.165) is 39.7 Å². The Labute approximate surface area is 216 Å². The fourth-order valence-corrected chi connectivity index (χ4v) is 4.08. The van der Waals surface area contributed by atoms with Crippen molar-refractivity contribution in [2.24, 2.45) is 0 Å². The molecule has 0 fully saturated rings. The molecule has 4 nitrogen and oxygen atoms in total. The number of hydrogen-bond acceptors (Lipinski definition) is 2. The van der Waals surface area contributed by atoms with Crippen molar-refractivity contribution < 1.29 is 27.8 Å². The van der Waals surface area contributed by atoms with E-state index in [2.05, 4.69) is 16.8 Å². The van der Waals surface area contributed by atoms with Crippen LogP contribution in [0.3, 0.4) is 0 Å². The van der Waals surface area contributed by atoms with Crippen LogP contribution >= 0.6 is 0 Å². The number of carboxylic acid groups (broad SMARTS) is 1. The van der Waals surface area contributed by atoms with Gasteiger partial charge in [-0.25, -0.2) is 4.79 Å². The molecular formula is C31H20F3NO3. The normalized spacial score (nSPS) is 11.1. The van der Waals surface area contributed by atoms with Crippen LogP contribution in [-0.2, 0) is 12.8 Å². The quantitative estimate of drug-likeness (QED) is 0.240. The molecule has 4 aromatic carbocycles. The number of alkyl halides is 3. The number of fused-ring (bicyclic) bond motifs is 1. The number of carboxylic acids is 1. The Hall–Kier alpha value is -4.96. The summed E-state index contributed by atoms with van der Waals surface area (Å²) in [4.78, 5) is 15.1. The molecule has 0 saturated heterocycles. The third kappa shape index (κ3) is 5.40. The summed E-state index contributed by atoms with van der Waals surface area (Å²) in [6.07, 6.45) is -2.56. The average Bonchev–Trinajstić information content (AvgIpc) is 3.39. The molecule has 0 saturated carbocycles. The number of hydrogen-bond donors (Lipinski definition) is 2. The maximum Gasteiger partial charge on any atom is 0.416 e. The first-order chi connectivity index (χ1) is 18.3. The first-order valence-electron chi connectivity index (χ1n) is 11.6. The summed E-state index contributed by atoms with van der Waals surface area (Å²) < 4.78 is 43.7. The van der Waals surface area contributed by atoms with Gasteiger partial charge in [-0.1, -0.05) is 42.2 Å². The van der Waals surface area contributed by atoms with Crippen molar-refractivity contribution in [1.82, 2.24) is 4.98 Å². The Morgan fingerprint density at radius 3 is 2.37 bits per heavy atom. The highest BCUT2D eigenvalue weighted by Crippen LogP contribution is 2.31. The van der Waals surface area contributed by atoms with Crippen molar-refractivity contribution >= 4 is 16.9 Å². The fraction of sp³-hybridized carbons (Fsp3) is 0.0645. The van der Waals surface area contributed by atoms with E-state index in [1.54, 1.807) is 18.2 Å². The summed E-state index contributed by atoms with van der Waals surface area (Å²) in [6, 6.07) is 24.5. The van der Waals surface area contributed by atoms with Crippen LogP contribution in [0.5, 0.6) is 5.75 Å². The SMILES string of the molecule is O=C(O)c1cccc(C#Cc2ccc(COc3ccc(C(F)(F)F)cc3)cc2)c1-c1ccc2cc[nH]c2c1. The Bertz CT molecular complexity index is 1670. The Morgan fingerprint density at radius 1 is 0.895 bits per heavy atom. The smallest absolute Gasteiger partial charge is 0.416 e. The second-order valence-corrected chi connectivity index (χ2v) is 8.57. The second-order valence-electron chi connectivity index (χ2n) is 8.57. The highest BCUT2D eigenvalue weighted by molar-refractivity contribution is 5.99. The van der Waals surface area contributed by atoms with E-state index < -0.39 is 17.7 Å². The zero-order valence-corrected chi connectivity index (χ0v) is 19.8. The molecule has 0 radical (unpaired) electrons. The number of H-pyrrole nitrogens is 1. The number of halogens is 3. The minimum Gasteiger partial charge on any atom is -0.489 e. The molecule has 38 heavy (non-hydrogen) atoms. The summed E-state index contributed by atoms with van der Waals surface area (Å²) >= 11 is 0. The highest BCUT2D eigenvalue weighted by Gasteiger charge is 2.30. The summed E-state index contributed by atoms with van der Waals surface area (Å²) in [5.74, 6) is 5.51. The molecule has 7 heteroatoms. The Morgan fingerprint density at radius 2 is 1.66 bits per heavy atom. The lowest BCUT2D eigenvalue weighted by Crippen LogP contribution is -2.04. The molecule has 1 aromatic heterocycles. The minimum absolute atomic E-state index is 0.165. The van der Waals surface area contributed by atoms with Gasteiger partial charge in [0.25, 0.3) is 0 Å². The molecule has 0 aliphatic carbocycles. The molecule has 5 rings (SSSR count). The molecule has 1 heterocycles. The minimum atomic E-state index is -4.39. The number of aromatic carboxylic acids is 1. The molecule has 0 aliphatic rings. The summed E-state index contributed by atoms with van der Waals surface area (Å²) in [5, 5.41) is 10.8. The van der Waals surface area contributed by atoms with Crippen molar-refractivity contribution in [3.8, 4) is 28.7 Å². The van der Waals surface area contributed by atoms with Gasteiger partial charge in [-0.2, -0.15) is 13.2 Å². The van der Waals surface area contributed by atoms with Gasteiger partial charge in [-0.15, -0.1) is 0 Å². The van der Waals surface area contributed by atoms with E-state index in [1.807, 2.05) is 54.7 Å². The third-order valence-electron chi connectivity index (χ3n) is 6.02. The third-order valence-corrected chi connectivity index (χ3v) is 6.02. The summed E-state index contributed by atoms with van der Waals surface area (Å²) in [5.41, 5.74) is 3.76. The van der Waals surface area contributed by atoms with Crippen LogP contribution in [-0.4, -0.2) is 16.1 Å². The predicted molar refractivity (Wildman–Crippen MR) is 139 cm³/mol. The zero-order chi connectivity index (χ0) is 26.7. The molecule has 0 amide bonds. The first kappa shape index (κ1) is 24.7. The molecule has 0 unspecified atom stereocenters. The predicted octanol–water partition coefficient (Wildman–Crippen LogP) is 7.53. The summed E-state index contributed by atoms with van der Waals surface area (Å²) in [6.45, 7) is 0.186. The molecule has 5 aromatic rings. The number of carbonyl (C=O) groups is 1. The van der Waals surface area contributed by atoms with E-state index in [-0.39, 0.29) is 12.2 Å². The number of nitrogens with one attached hydrogen (secondary N) is 1. The van der Waals surface area contributed by atoms with Crippen molar-refractivity contribution in [3.05, 3.63) is 125 Å². The van der Waals surface area contributed by atoms with E-state index >= 15 is 0 Å². The van der Waals surface area contributed by atoms with Gasteiger partial charge < -0.3 is 14.8 Å². The van der Waals surface area contributed by atoms with Gasteiger partial charge in [0.1, 0.15) is 12.4 Å². The van der Waals surface area contributed by atoms with Crippen LogP contribution < -0.4 is 4.74 Å². The number of rotatable bonds is 5. The number of benzene rings is 4. The van der Waals surface area contributed by atoms with Gasteiger partial charge in [0.15, 0.2) is 0 Å². The van der Waals surface area contributed by atoms with Crippen LogP contribution in [0.15, 0.2) is 97.2 Å². The molecule has 188 valence electrons. The number of ether oxygens (including phenoxy) is 1. The van der Waals surface area contributed by atoms with Crippen molar-refractivity contribution in [2.45, 2.75) is 12.8 Å². The van der Waals surface area contributed by atoms with Crippen molar-refractivity contribution in [3.63, 3.8) is 0 Å². The molecule has 2 N–H and O–H groups in total. The van der Waals surface area contributed by atoms with Gasteiger partial charge in [-0.3, -0.25) is 0 Å². The lowest BCUT2D eigenvalue weighted by molar-refractivity contribution is -0.137. The molecule has 0 atom stereocenters. The van der Waals surface area contributed by atoms with Crippen LogP contribution in [0.2, 0.25) is 0 Å². The van der Waals surface area contributed by atoms with Crippen LogP contribution in [0.25, 0.3) is 22.0 Å². The van der Waals surface area contributed by atoms with Gasteiger partial charge in [0, 0.05) is 28.4 Å². The van der Waals surface area contributed by atoms with Crippen molar-refractivity contribution in [2.75, 3.05) is 0 Å². The molecular weight excluding hydrogens is 491 g/mol. The highest BCUT2D eigenvalue weighted by atomic mass is 19.4. The van der Waals surface area contributed by atoms with Gasteiger partial charge in [-0.05, 0) is 77.2 Å². The molecule has 0 bridgehead atoms. The van der Waals surface area contributed by atoms with Crippen LogP contribution in [0.4, 0.5) is 13.2 Å². The number of aromatic nitrogens is 1. The Balaban J connectivity index is 1.35. The lowest BCUT2D eigenvalue weighted by Gasteiger charge is -2.10. The average molecular weight is 511 g/mol. The monoisotopic (exact) mass is 511 g/mol. The van der Waals surface area contributed by atoms with Gasteiger partial charge in [0.2, 0.25) is 0 Å². The maximum atomic E-state index is 12.7. The van der Waals surface area contributed by atoms with E-state index in [1.165, 1.54) is 12.1 Å². The molecule has 0 aliphatic heterocycles. The summed E-state index contributed by atoms with van der Waals surface area (Å²) in [7, 11) is 0. The number of aromatic amines is 1. The molecule has 0 spiro atoms. The fourth-order valence-electron chi connectivity index (χ4n) is 4.08. The van der Waals surface area contributed by atoms with Gasteiger partial charge in [0.05, 0.1) is 11.1 Å². The van der Waals surface area contributed by atoms with E-state index in [9.17, 15) is 23.1 Å². The van der Waals surface area contributed by atoms with Crippen LogP contribution in [0.1, 0.15) is 32.6 Å². The maximum absolute atomic E-state index is 12.7. The largest absolute Gasteiger partial charge is 0.489 e. The Kier molecular flexibility index (Phi) is 6.63. The standard InChI is InChI=1S/C31H20F3NO3/c32-31(33,34)25-12-14-26(15-13-25)38-19-21-6-4-20(5-7-21)8-9-23-2-1-3-27(30(36)37)29(23)24-11-10-22-16-17-35-28(22)18-24/h1-7,10-18,35H,19H2,(H,36,37). The first-order valence-corrected chi connectivity index (χ1v) is 11.6. The van der Waals surface area contributed by atoms with Crippen LogP contribution in [0, 0.1) is 11.8 Å². The second kappa shape index (κ2) is 10.2. The topological polar surface area (TPSA) is 62.3 Å². The van der Waals surface area contributed by atoms with E-state index in [4.69, 9.17) is 4.74 Å². The van der Waals surface area contributed by atoms with Crippen molar-refractivity contribution in [1.29, 1.82) is 0 Å². The zero-order valence-electron chi connectivity index (χ0n) is 19.8. The lowest BCUT2D eigenvalue weighted by atomic mass is 9.93. The van der Waals surface area contributed by atoms with Gasteiger partial charge >= 0.3 is 12.1 Å². The van der Waals surface area contributed by atoms with E-state index in [0.29, 0.717) is 16.9 Å².